The Bertz CT molecular complexity index is 2540. The fraction of sp³-hybridized carbons (Fsp3) is 0.0556. The number of rotatable bonds is 8. The second-order valence-corrected chi connectivity index (χ2v) is 14.9. The summed E-state index contributed by atoms with van der Waals surface area (Å²) in [5, 5.41) is 43.2. The number of hydrogen-bond acceptors (Lipinski definition) is 16. The number of phenolic OH excluding ortho intramolecular Hbond substituents is 2. The number of nitrogens with zero attached hydrogens (tertiary/aromatic N) is 2. The molecule has 2 aliphatic carbocycles. The van der Waals surface area contributed by atoms with E-state index in [2.05, 4.69) is 41.2 Å². The topological polar surface area (TPSA) is 320 Å². The molecule has 2 amide bonds. The number of ketones is 2. The molecular weight excluding hydrogens is 853 g/mol. The number of nitrogens with two attached hydrogens (primary N) is 2. The van der Waals surface area contributed by atoms with Gasteiger partial charge in [-0.1, -0.05) is 36.4 Å². The van der Waals surface area contributed by atoms with Gasteiger partial charge in [0.1, 0.15) is 22.9 Å². The molecule has 0 atom stereocenters. The zero-order chi connectivity index (χ0) is 42.4. The first-order valence-electron chi connectivity index (χ1n) is 16.2. The number of benzene rings is 4. The Balaban J connectivity index is 0.000000310. The number of hydrogen-bond donors (Lipinski definition) is 8. The number of primary sulfonamides is 2. The number of methoxy groups -OCH3 is 2. The molecule has 0 unspecified atom stereocenters. The summed E-state index contributed by atoms with van der Waals surface area (Å²) in [4.78, 5) is 47.6. The standard InChI is InChI=1S/2C18H16N4O6S.Cr/c2*1-28-18(25)20-12-4-2-3-10-5-7-15(24)17(16(10)12)22-21-13-9-11(29(19,26)27)6-8-14(13)23;/h2*2-9,21,23H,1H3,(H,20,25)(H2,19,26,27);/p+1/b2*22-17+;. The van der Waals surface area contributed by atoms with E-state index in [-0.39, 0.29) is 74.3 Å². The van der Waals surface area contributed by atoms with Crippen LogP contribution in [0.25, 0.3) is 12.2 Å². The van der Waals surface area contributed by atoms with Crippen LogP contribution >= 0.6 is 0 Å². The second kappa shape index (κ2) is 18.6. The van der Waals surface area contributed by atoms with Crippen molar-refractivity contribution < 1.29 is 74.5 Å². The Kier molecular flexibility index (Phi) is 14.1. The largest absolute Gasteiger partial charge is 1.00 e. The second-order valence-electron chi connectivity index (χ2n) is 11.8. The minimum Gasteiger partial charge on any atom is -0.506 e. The zero-order valence-electron chi connectivity index (χ0n) is 31.5. The molecular formula is C36H33CrN8O12S2+. The number of ether oxygens (including phenoxy) is 2. The number of allylic oxidation sites excluding steroid dienone is 2. The number of carbonyl (C=O) groups is 4. The van der Waals surface area contributed by atoms with Gasteiger partial charge in [-0.25, -0.2) is 36.7 Å². The van der Waals surface area contributed by atoms with Crippen LogP contribution in [0.4, 0.5) is 32.3 Å². The van der Waals surface area contributed by atoms with Crippen LogP contribution in [0.1, 0.15) is 23.7 Å². The number of fused-ring (bicyclic) bond motifs is 2. The van der Waals surface area contributed by atoms with E-state index in [1.807, 2.05) is 0 Å². The van der Waals surface area contributed by atoms with Gasteiger partial charge in [-0.2, -0.15) is 10.2 Å². The van der Waals surface area contributed by atoms with Crippen molar-refractivity contribution in [2.24, 2.45) is 20.5 Å². The number of carbonyl (C=O) groups excluding carboxylic acids is 4. The summed E-state index contributed by atoms with van der Waals surface area (Å²) >= 11 is 0. The first-order chi connectivity index (χ1) is 27.4. The van der Waals surface area contributed by atoms with Gasteiger partial charge in [0.05, 0.1) is 46.8 Å². The van der Waals surface area contributed by atoms with Crippen LogP contribution in [-0.2, 0) is 56.5 Å². The molecule has 10 N–H and O–H groups in total. The summed E-state index contributed by atoms with van der Waals surface area (Å²) < 4.78 is 55.2. The van der Waals surface area contributed by atoms with Crippen LogP contribution in [0.15, 0.2) is 105 Å². The van der Waals surface area contributed by atoms with Crippen molar-refractivity contribution in [1.29, 1.82) is 0 Å². The Hall–Kier alpha value is -6.87. The maximum atomic E-state index is 12.4. The fourth-order valence-electron chi connectivity index (χ4n) is 5.23. The van der Waals surface area contributed by atoms with E-state index in [0.717, 1.165) is 36.4 Å². The van der Waals surface area contributed by atoms with E-state index in [1.165, 1.54) is 26.4 Å². The molecule has 0 heterocycles. The summed E-state index contributed by atoms with van der Waals surface area (Å²) in [6.07, 6.45) is 4.27. The third-order valence-corrected chi connectivity index (χ3v) is 9.80. The molecule has 0 saturated carbocycles. The summed E-state index contributed by atoms with van der Waals surface area (Å²) in [5.74, 6) is -1.54. The number of sulfonamides is 2. The van der Waals surface area contributed by atoms with E-state index < -0.39 is 43.8 Å². The Labute approximate surface area is 348 Å². The van der Waals surface area contributed by atoms with Crippen molar-refractivity contribution in [3.8, 4) is 11.5 Å². The van der Waals surface area contributed by atoms with Crippen molar-refractivity contribution >= 4 is 90.1 Å². The van der Waals surface area contributed by atoms with Gasteiger partial charge in [0.25, 0.3) is 0 Å². The molecule has 0 bridgehead atoms. The summed E-state index contributed by atoms with van der Waals surface area (Å²) in [6.45, 7) is 0. The first kappa shape index (κ1) is 44.8. The van der Waals surface area contributed by atoms with Gasteiger partial charge in [0.15, 0.2) is 0 Å². The van der Waals surface area contributed by atoms with Crippen molar-refractivity contribution in [2.75, 3.05) is 35.7 Å². The van der Waals surface area contributed by atoms with E-state index in [1.54, 1.807) is 48.6 Å². The molecule has 0 radical (unpaired) electrons. The molecule has 59 heavy (non-hydrogen) atoms. The average Bonchev–Trinajstić information content (AvgIpc) is 3.17. The van der Waals surface area contributed by atoms with Gasteiger partial charge in [0, 0.05) is 28.5 Å². The number of anilines is 4. The van der Waals surface area contributed by atoms with E-state index in [0.29, 0.717) is 22.3 Å². The average molecular weight is 886 g/mol. The van der Waals surface area contributed by atoms with Crippen LogP contribution in [-0.4, -0.2) is 76.4 Å². The molecule has 20 nitrogen and oxygen atoms in total. The maximum Gasteiger partial charge on any atom is 1.00 e. The smallest absolute Gasteiger partial charge is 0.506 e. The molecule has 6 rings (SSSR count). The van der Waals surface area contributed by atoms with Crippen LogP contribution in [0, 0.1) is 0 Å². The minimum atomic E-state index is -4.01. The molecule has 0 aliphatic heterocycles. The third-order valence-electron chi connectivity index (χ3n) is 7.98. The summed E-state index contributed by atoms with van der Waals surface area (Å²) in [6, 6.07) is 16.6. The summed E-state index contributed by atoms with van der Waals surface area (Å²) in [7, 11) is -5.61. The van der Waals surface area contributed by atoms with Gasteiger partial charge in [-0.15, -0.1) is 0 Å². The number of amides is 2. The van der Waals surface area contributed by atoms with E-state index in [9.17, 15) is 46.2 Å². The Morgan fingerprint density at radius 3 is 1.32 bits per heavy atom. The first-order valence-corrected chi connectivity index (χ1v) is 19.3. The normalized spacial score (nSPS) is 14.2. The van der Waals surface area contributed by atoms with Gasteiger partial charge < -0.3 is 19.7 Å². The molecule has 23 heteroatoms. The quantitative estimate of drug-likeness (QED) is 0.0930. The van der Waals surface area contributed by atoms with Crippen LogP contribution in [0.3, 0.4) is 0 Å². The zero-order valence-corrected chi connectivity index (χ0v) is 33.4. The molecule has 0 saturated heterocycles. The predicted octanol–water partition coefficient (Wildman–Crippen LogP) is 3.37. The molecule has 2 aliphatic rings. The number of nitrogens with one attached hydrogen (secondary N) is 4. The van der Waals surface area contributed by atoms with Gasteiger partial charge in [0.2, 0.25) is 31.6 Å². The SMILES string of the molecule is COC(=O)Nc1cccc2c1/C(=N/Nc1cc(S(N)(=O)=O)ccc1O)C(=O)C=C2.COC(=O)Nc1cccc2c1/C(=N/Nc1cc(S(N)(=O)=O)ccc1O)C(=O)C=C2.[Cr].[H+]. The third kappa shape index (κ3) is 10.8. The van der Waals surface area contributed by atoms with Crippen molar-refractivity contribution in [3.63, 3.8) is 0 Å². The molecule has 4 aromatic rings. The van der Waals surface area contributed by atoms with Gasteiger partial charge >= 0.3 is 13.6 Å². The molecule has 0 spiro atoms. The van der Waals surface area contributed by atoms with Crippen LogP contribution in [0.2, 0.25) is 0 Å². The Morgan fingerprint density at radius 2 is 0.983 bits per heavy atom. The molecule has 0 fully saturated rings. The number of hydrazone groups is 2. The predicted molar refractivity (Wildman–Crippen MR) is 213 cm³/mol. The van der Waals surface area contributed by atoms with Crippen molar-refractivity contribution in [3.05, 3.63) is 107 Å². The van der Waals surface area contributed by atoms with Gasteiger partial charge in [-0.3, -0.25) is 31.1 Å². The maximum absolute atomic E-state index is 12.4. The summed E-state index contributed by atoms with van der Waals surface area (Å²) in [5.41, 5.74) is 7.15. The number of phenols is 2. The van der Waals surface area contributed by atoms with Crippen molar-refractivity contribution in [1.82, 2.24) is 0 Å². The monoisotopic (exact) mass is 885 g/mol. The van der Waals surface area contributed by atoms with Crippen LogP contribution < -0.4 is 31.8 Å². The van der Waals surface area contributed by atoms with Gasteiger partial charge in [-0.05, 0) is 71.8 Å². The van der Waals surface area contributed by atoms with E-state index >= 15 is 0 Å². The molecule has 0 aromatic heterocycles. The van der Waals surface area contributed by atoms with Crippen LogP contribution in [0.5, 0.6) is 11.5 Å². The molecule has 4 aromatic carbocycles. The fourth-order valence-corrected chi connectivity index (χ4v) is 6.31. The number of aromatic hydroxyl groups is 2. The minimum absolute atomic E-state index is 0. The Morgan fingerprint density at radius 1 is 0.610 bits per heavy atom. The molecule has 306 valence electrons. The van der Waals surface area contributed by atoms with Crippen molar-refractivity contribution in [2.45, 2.75) is 9.79 Å². The van der Waals surface area contributed by atoms with E-state index in [4.69, 9.17) is 10.3 Å².